The molecule has 0 aliphatic carbocycles. The molecule has 2 unspecified atom stereocenters. The fourth-order valence-corrected chi connectivity index (χ4v) is 4.27. The smallest absolute Gasteiger partial charge is 0.235 e. The Morgan fingerprint density at radius 1 is 1.07 bits per heavy atom. The van der Waals surface area contributed by atoms with Crippen molar-refractivity contribution in [1.82, 2.24) is 9.55 Å². The maximum Gasteiger partial charge on any atom is 0.235 e. The molecule has 0 radical (unpaired) electrons. The number of para-hydroxylation sites is 3. The Hall–Kier alpha value is -2.62. The summed E-state index contributed by atoms with van der Waals surface area (Å²) in [5.74, 6) is 1.58. The predicted octanol–water partition coefficient (Wildman–Crippen LogP) is 5.39. The van der Waals surface area contributed by atoms with E-state index in [4.69, 9.17) is 4.98 Å². The summed E-state index contributed by atoms with van der Waals surface area (Å²) in [4.78, 5) is 17.9. The summed E-state index contributed by atoms with van der Waals surface area (Å²) in [5, 5.41) is 3.56. The number of imidazole rings is 1. The van der Waals surface area contributed by atoms with Crippen LogP contribution in [0.4, 0.5) is 5.69 Å². The number of carbonyl (C=O) groups excluding carboxylic acids is 1. The minimum Gasteiger partial charge on any atom is -0.385 e. The lowest BCUT2D eigenvalue weighted by molar-refractivity contribution is 0.0782. The highest BCUT2D eigenvalue weighted by Gasteiger charge is 2.35. The molecule has 0 bridgehead atoms. The molecule has 140 valence electrons. The third-order valence-corrected chi connectivity index (χ3v) is 5.68. The summed E-state index contributed by atoms with van der Waals surface area (Å²) in [6.07, 6.45) is 3.87. The van der Waals surface area contributed by atoms with Gasteiger partial charge in [0.05, 0.1) is 11.0 Å². The van der Waals surface area contributed by atoms with Crippen molar-refractivity contribution >= 4 is 22.6 Å². The van der Waals surface area contributed by atoms with Crippen LogP contribution in [0.25, 0.3) is 11.0 Å². The lowest BCUT2D eigenvalue weighted by Gasteiger charge is -2.29. The maximum atomic E-state index is 13.1. The van der Waals surface area contributed by atoms with Crippen LogP contribution in [0.3, 0.4) is 0 Å². The summed E-state index contributed by atoms with van der Waals surface area (Å²) < 4.78 is 1.90. The first kappa shape index (κ1) is 17.8. The molecular formula is C23H27N3O. The van der Waals surface area contributed by atoms with Crippen molar-refractivity contribution in [3.63, 3.8) is 0 Å². The van der Waals surface area contributed by atoms with E-state index in [1.807, 2.05) is 28.8 Å². The Kier molecular flexibility index (Phi) is 4.97. The summed E-state index contributed by atoms with van der Waals surface area (Å²) in [6, 6.07) is 16.4. The molecule has 27 heavy (non-hydrogen) atoms. The Bertz CT molecular complexity index is 959. The fraction of sp³-hybridized carbons (Fsp3) is 0.391. The Balaban J connectivity index is 1.59. The second-order valence-electron chi connectivity index (χ2n) is 7.58. The van der Waals surface area contributed by atoms with Gasteiger partial charge in [-0.3, -0.25) is 9.36 Å². The molecule has 1 N–H and O–H groups in total. The first-order chi connectivity index (χ1) is 13.2. The lowest BCUT2D eigenvalue weighted by Crippen LogP contribution is -2.32. The number of nitrogens with zero attached hydrogens (tertiary/aromatic N) is 2. The Labute approximate surface area is 160 Å². The van der Waals surface area contributed by atoms with Gasteiger partial charge in [0.25, 0.3) is 0 Å². The zero-order valence-corrected chi connectivity index (χ0v) is 16.1. The van der Waals surface area contributed by atoms with Crippen LogP contribution in [-0.2, 0) is 0 Å². The van der Waals surface area contributed by atoms with Crippen molar-refractivity contribution in [2.24, 2.45) is 5.92 Å². The SMILES string of the molecule is CCCC1CC(CCNc2ccccc2C)c2nc3ccccc3n2C1=O. The molecule has 4 nitrogen and oxygen atoms in total. The minimum atomic E-state index is 0.101. The normalized spacial score (nSPS) is 19.3. The van der Waals surface area contributed by atoms with E-state index in [0.29, 0.717) is 5.92 Å². The summed E-state index contributed by atoms with van der Waals surface area (Å²) >= 11 is 0. The molecule has 0 saturated heterocycles. The molecule has 3 aromatic rings. The molecule has 0 fully saturated rings. The quantitative estimate of drug-likeness (QED) is 0.640. The molecule has 4 rings (SSSR count). The molecule has 4 heteroatoms. The first-order valence-electron chi connectivity index (χ1n) is 10.00. The average Bonchev–Trinajstić information content (AvgIpc) is 3.07. The first-order valence-corrected chi connectivity index (χ1v) is 10.00. The maximum absolute atomic E-state index is 13.1. The number of hydrogen-bond donors (Lipinski definition) is 1. The largest absolute Gasteiger partial charge is 0.385 e. The molecule has 1 aliphatic rings. The van der Waals surface area contributed by atoms with Gasteiger partial charge in [0.1, 0.15) is 5.82 Å². The van der Waals surface area contributed by atoms with E-state index in [-0.39, 0.29) is 11.8 Å². The molecule has 0 amide bonds. The van der Waals surface area contributed by atoms with Crippen molar-refractivity contribution in [2.75, 3.05) is 11.9 Å². The van der Waals surface area contributed by atoms with E-state index in [0.717, 1.165) is 49.1 Å². The Morgan fingerprint density at radius 3 is 2.67 bits per heavy atom. The standard InChI is InChI=1S/C23H27N3O/c1-3-8-18-15-17(13-14-24-19-10-5-4-9-16(19)2)22-25-20-11-6-7-12-21(20)26(22)23(18)27/h4-7,9-12,17-18,24H,3,8,13-15H2,1-2H3. The zero-order valence-electron chi connectivity index (χ0n) is 16.1. The summed E-state index contributed by atoms with van der Waals surface area (Å²) in [5.41, 5.74) is 4.32. The van der Waals surface area contributed by atoms with Crippen molar-refractivity contribution in [2.45, 2.75) is 45.4 Å². The molecule has 0 saturated carbocycles. The summed E-state index contributed by atoms with van der Waals surface area (Å²) in [6.45, 7) is 5.16. The number of fused-ring (bicyclic) bond motifs is 3. The third kappa shape index (κ3) is 3.36. The van der Waals surface area contributed by atoms with Gasteiger partial charge in [0.2, 0.25) is 5.91 Å². The van der Waals surface area contributed by atoms with E-state index in [9.17, 15) is 4.79 Å². The topological polar surface area (TPSA) is 46.9 Å². The second-order valence-corrected chi connectivity index (χ2v) is 7.58. The van der Waals surface area contributed by atoms with Crippen LogP contribution in [0.1, 0.15) is 54.7 Å². The van der Waals surface area contributed by atoms with Crippen molar-refractivity contribution < 1.29 is 4.79 Å². The van der Waals surface area contributed by atoms with Gasteiger partial charge in [0.15, 0.2) is 0 Å². The number of nitrogens with one attached hydrogen (secondary N) is 1. The van der Waals surface area contributed by atoms with Gasteiger partial charge in [-0.25, -0.2) is 4.98 Å². The predicted molar refractivity (Wildman–Crippen MR) is 110 cm³/mol. The molecular weight excluding hydrogens is 334 g/mol. The van der Waals surface area contributed by atoms with E-state index in [2.05, 4.69) is 43.4 Å². The highest BCUT2D eigenvalue weighted by atomic mass is 16.2. The molecule has 1 aliphatic heterocycles. The second kappa shape index (κ2) is 7.55. The van der Waals surface area contributed by atoms with E-state index in [1.165, 1.54) is 11.3 Å². The van der Waals surface area contributed by atoms with Crippen molar-refractivity contribution in [3.05, 3.63) is 59.9 Å². The van der Waals surface area contributed by atoms with Gasteiger partial charge in [-0.15, -0.1) is 0 Å². The number of anilines is 1. The van der Waals surface area contributed by atoms with Crippen LogP contribution in [0, 0.1) is 12.8 Å². The van der Waals surface area contributed by atoms with Crippen LogP contribution in [0.15, 0.2) is 48.5 Å². The zero-order chi connectivity index (χ0) is 18.8. The number of aryl methyl sites for hydroxylation is 1. The highest BCUT2D eigenvalue weighted by Crippen LogP contribution is 2.37. The molecule has 0 spiro atoms. The fourth-order valence-electron chi connectivity index (χ4n) is 4.27. The monoisotopic (exact) mass is 361 g/mol. The molecule has 1 aromatic heterocycles. The number of carbonyl (C=O) groups is 1. The highest BCUT2D eigenvalue weighted by molar-refractivity contribution is 5.93. The van der Waals surface area contributed by atoms with Gasteiger partial charge in [-0.05, 0) is 49.9 Å². The number of benzene rings is 2. The van der Waals surface area contributed by atoms with E-state index < -0.39 is 0 Å². The van der Waals surface area contributed by atoms with Gasteiger partial charge in [-0.1, -0.05) is 43.7 Å². The van der Waals surface area contributed by atoms with Gasteiger partial charge in [0, 0.05) is 24.1 Å². The molecule has 2 aromatic carbocycles. The van der Waals surface area contributed by atoms with E-state index >= 15 is 0 Å². The van der Waals surface area contributed by atoms with Crippen LogP contribution >= 0.6 is 0 Å². The van der Waals surface area contributed by atoms with Gasteiger partial charge >= 0.3 is 0 Å². The van der Waals surface area contributed by atoms with Crippen LogP contribution < -0.4 is 5.32 Å². The summed E-state index contributed by atoms with van der Waals surface area (Å²) in [7, 11) is 0. The van der Waals surface area contributed by atoms with Crippen molar-refractivity contribution in [1.29, 1.82) is 0 Å². The van der Waals surface area contributed by atoms with Crippen LogP contribution in [-0.4, -0.2) is 22.0 Å². The molecule has 2 atom stereocenters. The average molecular weight is 361 g/mol. The van der Waals surface area contributed by atoms with Crippen LogP contribution in [0.5, 0.6) is 0 Å². The van der Waals surface area contributed by atoms with Gasteiger partial charge in [-0.2, -0.15) is 0 Å². The van der Waals surface area contributed by atoms with Crippen molar-refractivity contribution in [3.8, 4) is 0 Å². The number of rotatable bonds is 6. The lowest BCUT2D eigenvalue weighted by atomic mass is 9.85. The van der Waals surface area contributed by atoms with E-state index in [1.54, 1.807) is 0 Å². The Morgan fingerprint density at radius 2 is 1.85 bits per heavy atom. The van der Waals surface area contributed by atoms with Crippen LogP contribution in [0.2, 0.25) is 0 Å². The number of hydrogen-bond acceptors (Lipinski definition) is 3. The third-order valence-electron chi connectivity index (χ3n) is 5.68. The molecule has 2 heterocycles. The number of aromatic nitrogens is 2. The minimum absolute atomic E-state index is 0.101. The van der Waals surface area contributed by atoms with Gasteiger partial charge < -0.3 is 5.32 Å².